The molecule has 0 bridgehead atoms. The van der Waals surface area contributed by atoms with Crippen molar-refractivity contribution in [2.75, 3.05) is 19.4 Å². The van der Waals surface area contributed by atoms with Gasteiger partial charge in [0.2, 0.25) is 0 Å². The molecule has 0 aromatic heterocycles. The van der Waals surface area contributed by atoms with Gasteiger partial charge in [-0.1, -0.05) is 0 Å². The Morgan fingerprint density at radius 2 is 2.00 bits per heavy atom. The largest absolute Gasteiger partial charge is 0.497 e. The van der Waals surface area contributed by atoms with E-state index < -0.39 is 5.60 Å². The number of thioether (sulfide) groups is 1. The van der Waals surface area contributed by atoms with E-state index in [1.165, 1.54) is 4.90 Å². The Labute approximate surface area is 101 Å². The maximum Gasteiger partial charge on any atom is 0.118 e. The van der Waals surface area contributed by atoms with Gasteiger partial charge in [-0.25, -0.2) is 0 Å². The molecule has 0 aliphatic rings. The third-order valence-electron chi connectivity index (χ3n) is 2.41. The zero-order valence-corrected chi connectivity index (χ0v) is 10.6. The Balaban J connectivity index is 2.37. The van der Waals surface area contributed by atoms with E-state index in [0.29, 0.717) is 13.0 Å². The van der Waals surface area contributed by atoms with Gasteiger partial charge >= 0.3 is 0 Å². The van der Waals surface area contributed by atoms with Crippen LogP contribution in [0.4, 0.5) is 0 Å². The molecular formula is C12H19NO2S. The fraction of sp³-hybridized carbons (Fsp3) is 0.500. The number of rotatable bonds is 6. The zero-order chi connectivity index (χ0) is 12.0. The molecule has 0 radical (unpaired) electrons. The van der Waals surface area contributed by atoms with Gasteiger partial charge in [0.15, 0.2) is 0 Å². The molecule has 0 aliphatic heterocycles. The number of ether oxygens (including phenoxy) is 1. The van der Waals surface area contributed by atoms with Gasteiger partial charge in [-0.05, 0) is 37.6 Å². The van der Waals surface area contributed by atoms with Crippen LogP contribution in [0, 0.1) is 0 Å². The van der Waals surface area contributed by atoms with Gasteiger partial charge in [0, 0.05) is 17.2 Å². The monoisotopic (exact) mass is 241 g/mol. The third-order valence-corrected chi connectivity index (χ3v) is 3.42. The smallest absolute Gasteiger partial charge is 0.118 e. The molecule has 0 heterocycles. The molecule has 4 heteroatoms. The van der Waals surface area contributed by atoms with Crippen LogP contribution in [0.3, 0.4) is 0 Å². The summed E-state index contributed by atoms with van der Waals surface area (Å²) < 4.78 is 5.08. The summed E-state index contributed by atoms with van der Waals surface area (Å²) in [6.45, 7) is 2.07. The van der Waals surface area contributed by atoms with Crippen LogP contribution < -0.4 is 10.5 Å². The Hall–Kier alpha value is -0.710. The molecule has 1 atom stereocenters. The minimum Gasteiger partial charge on any atom is -0.497 e. The lowest BCUT2D eigenvalue weighted by Gasteiger charge is -2.20. The van der Waals surface area contributed by atoms with E-state index in [0.717, 1.165) is 11.5 Å². The Morgan fingerprint density at radius 1 is 1.38 bits per heavy atom. The quantitative estimate of drug-likeness (QED) is 0.747. The van der Waals surface area contributed by atoms with Crippen LogP contribution in [0.2, 0.25) is 0 Å². The number of hydrogen-bond donors (Lipinski definition) is 2. The highest BCUT2D eigenvalue weighted by molar-refractivity contribution is 7.99. The molecule has 0 spiro atoms. The highest BCUT2D eigenvalue weighted by atomic mass is 32.2. The maximum absolute atomic E-state index is 9.73. The standard InChI is InChI=1S/C12H19NO2S/c1-12(14,9-13)7-8-16-11-5-3-10(15-2)4-6-11/h3-6,14H,7-9,13H2,1-2H3. The summed E-state index contributed by atoms with van der Waals surface area (Å²) in [5.74, 6) is 1.72. The predicted molar refractivity (Wildman–Crippen MR) is 68.0 cm³/mol. The van der Waals surface area contributed by atoms with Crippen molar-refractivity contribution in [3.05, 3.63) is 24.3 Å². The second-order valence-electron chi connectivity index (χ2n) is 3.98. The molecule has 0 saturated carbocycles. The van der Waals surface area contributed by atoms with Gasteiger partial charge in [0.25, 0.3) is 0 Å². The van der Waals surface area contributed by atoms with Gasteiger partial charge in [-0.3, -0.25) is 0 Å². The van der Waals surface area contributed by atoms with Gasteiger partial charge in [0.05, 0.1) is 12.7 Å². The summed E-state index contributed by atoms with van der Waals surface area (Å²) in [4.78, 5) is 1.17. The Morgan fingerprint density at radius 3 is 2.50 bits per heavy atom. The number of hydrogen-bond acceptors (Lipinski definition) is 4. The number of nitrogens with two attached hydrogens (primary N) is 1. The fourth-order valence-corrected chi connectivity index (χ4v) is 2.27. The molecular weight excluding hydrogens is 222 g/mol. The summed E-state index contributed by atoms with van der Waals surface area (Å²) in [6.07, 6.45) is 0.695. The van der Waals surface area contributed by atoms with Crippen LogP contribution in [0.1, 0.15) is 13.3 Å². The first-order chi connectivity index (χ1) is 7.57. The summed E-state index contributed by atoms with van der Waals surface area (Å²) >= 11 is 1.71. The average Bonchev–Trinajstić information content (AvgIpc) is 2.30. The van der Waals surface area contributed by atoms with E-state index >= 15 is 0 Å². The van der Waals surface area contributed by atoms with Crippen molar-refractivity contribution in [2.24, 2.45) is 5.73 Å². The normalized spacial score (nSPS) is 14.5. The van der Waals surface area contributed by atoms with Crippen LogP contribution in [0.25, 0.3) is 0 Å². The molecule has 90 valence electrons. The number of methoxy groups -OCH3 is 1. The van der Waals surface area contributed by atoms with Crippen molar-refractivity contribution in [3.63, 3.8) is 0 Å². The first kappa shape index (κ1) is 13.4. The number of aliphatic hydroxyl groups is 1. The van der Waals surface area contributed by atoms with Crippen LogP contribution in [0.5, 0.6) is 5.75 Å². The van der Waals surface area contributed by atoms with Crippen LogP contribution in [-0.2, 0) is 0 Å². The second-order valence-corrected chi connectivity index (χ2v) is 5.14. The molecule has 16 heavy (non-hydrogen) atoms. The highest BCUT2D eigenvalue weighted by Crippen LogP contribution is 2.23. The number of benzene rings is 1. The van der Waals surface area contributed by atoms with Gasteiger partial charge in [0.1, 0.15) is 5.75 Å². The van der Waals surface area contributed by atoms with Crippen molar-refractivity contribution in [2.45, 2.75) is 23.8 Å². The molecule has 1 aromatic carbocycles. The predicted octanol–water partition coefficient (Wildman–Crippen LogP) is 1.89. The molecule has 3 nitrogen and oxygen atoms in total. The van der Waals surface area contributed by atoms with Crippen LogP contribution in [-0.4, -0.2) is 30.1 Å². The van der Waals surface area contributed by atoms with Gasteiger partial charge < -0.3 is 15.6 Å². The van der Waals surface area contributed by atoms with E-state index in [-0.39, 0.29) is 0 Å². The van der Waals surface area contributed by atoms with Crippen LogP contribution >= 0.6 is 11.8 Å². The molecule has 0 fully saturated rings. The van der Waals surface area contributed by atoms with Crippen molar-refractivity contribution >= 4 is 11.8 Å². The molecule has 1 unspecified atom stereocenters. The minimum atomic E-state index is -0.751. The third kappa shape index (κ3) is 4.43. The lowest BCUT2D eigenvalue weighted by Crippen LogP contribution is -2.34. The van der Waals surface area contributed by atoms with Crippen molar-refractivity contribution in [1.82, 2.24) is 0 Å². The Kier molecular flexibility index (Phi) is 5.12. The summed E-state index contributed by atoms with van der Waals surface area (Å²) in [5.41, 5.74) is 4.70. The first-order valence-electron chi connectivity index (χ1n) is 5.27. The zero-order valence-electron chi connectivity index (χ0n) is 9.77. The second kappa shape index (κ2) is 6.13. The lowest BCUT2D eigenvalue weighted by molar-refractivity contribution is 0.0665. The fourth-order valence-electron chi connectivity index (χ4n) is 1.16. The van der Waals surface area contributed by atoms with Gasteiger partial charge in [-0.15, -0.1) is 11.8 Å². The van der Waals surface area contributed by atoms with E-state index in [2.05, 4.69) is 0 Å². The minimum absolute atomic E-state index is 0.302. The maximum atomic E-state index is 9.73. The first-order valence-corrected chi connectivity index (χ1v) is 6.25. The van der Waals surface area contributed by atoms with Crippen molar-refractivity contribution in [3.8, 4) is 5.75 Å². The molecule has 0 aliphatic carbocycles. The van der Waals surface area contributed by atoms with E-state index in [4.69, 9.17) is 10.5 Å². The molecule has 1 rings (SSSR count). The molecule has 3 N–H and O–H groups in total. The topological polar surface area (TPSA) is 55.5 Å². The highest BCUT2D eigenvalue weighted by Gasteiger charge is 2.17. The molecule has 0 saturated heterocycles. The average molecular weight is 241 g/mol. The van der Waals surface area contributed by atoms with Crippen molar-refractivity contribution < 1.29 is 9.84 Å². The molecule has 1 aromatic rings. The summed E-state index contributed by atoms with van der Waals surface area (Å²) in [5, 5.41) is 9.73. The van der Waals surface area contributed by atoms with Crippen LogP contribution in [0.15, 0.2) is 29.2 Å². The summed E-state index contributed by atoms with van der Waals surface area (Å²) in [7, 11) is 1.65. The SMILES string of the molecule is COc1ccc(SCCC(C)(O)CN)cc1. The lowest BCUT2D eigenvalue weighted by atomic mass is 10.1. The summed E-state index contributed by atoms with van der Waals surface area (Å²) in [6, 6.07) is 7.90. The molecule has 0 amide bonds. The van der Waals surface area contributed by atoms with Gasteiger partial charge in [-0.2, -0.15) is 0 Å². The van der Waals surface area contributed by atoms with E-state index in [9.17, 15) is 5.11 Å². The van der Waals surface area contributed by atoms with E-state index in [1.807, 2.05) is 24.3 Å². The Bertz CT molecular complexity index is 311. The van der Waals surface area contributed by atoms with E-state index in [1.54, 1.807) is 25.8 Å². The van der Waals surface area contributed by atoms with Crippen molar-refractivity contribution in [1.29, 1.82) is 0 Å².